The summed E-state index contributed by atoms with van der Waals surface area (Å²) in [7, 11) is 0. The Kier molecular flexibility index (Phi) is 4.19. The molecule has 5 nitrogen and oxygen atoms in total. The number of nitrogens with two attached hydrogens (primary N) is 1. The number of hydrogen-bond donors (Lipinski definition) is 2. The highest BCUT2D eigenvalue weighted by molar-refractivity contribution is 5.44. The molecular formula is C12H17NO4. The van der Waals surface area contributed by atoms with E-state index in [1.54, 1.807) is 0 Å². The number of rotatable bonds is 6. The zero-order chi connectivity index (χ0) is 12.1. The first-order chi connectivity index (χ1) is 8.31. The highest BCUT2D eigenvalue weighted by Crippen LogP contribution is 2.33. The molecule has 2 rings (SSSR count). The van der Waals surface area contributed by atoms with E-state index >= 15 is 0 Å². The maximum Gasteiger partial charge on any atom is 0.127 e. The molecule has 0 aromatic heterocycles. The molecule has 1 atom stereocenters. The molecule has 0 bridgehead atoms. The van der Waals surface area contributed by atoms with Crippen LogP contribution in [0.1, 0.15) is 11.6 Å². The first-order valence-corrected chi connectivity index (χ1v) is 5.65. The van der Waals surface area contributed by atoms with Crippen molar-refractivity contribution in [1.29, 1.82) is 0 Å². The average Bonchev–Trinajstić information content (AvgIpc) is 2.71. The maximum atomic E-state index is 8.52. The summed E-state index contributed by atoms with van der Waals surface area (Å²) < 4.78 is 16.0. The molecule has 0 saturated carbocycles. The molecule has 1 aromatic carbocycles. The van der Waals surface area contributed by atoms with Crippen LogP contribution < -0.4 is 15.2 Å². The predicted octanol–water partition coefficient (Wildman–Crippen LogP) is 0.466. The van der Waals surface area contributed by atoms with Crippen molar-refractivity contribution in [3.8, 4) is 11.5 Å². The Bertz CT molecular complexity index is 370. The molecule has 0 spiro atoms. The van der Waals surface area contributed by atoms with E-state index in [2.05, 4.69) is 0 Å². The van der Waals surface area contributed by atoms with E-state index in [-0.39, 0.29) is 12.6 Å². The monoisotopic (exact) mass is 239 g/mol. The van der Waals surface area contributed by atoms with Crippen LogP contribution in [0.4, 0.5) is 0 Å². The summed E-state index contributed by atoms with van der Waals surface area (Å²) in [4.78, 5) is 0. The quantitative estimate of drug-likeness (QED) is 0.706. The van der Waals surface area contributed by atoms with E-state index in [1.165, 1.54) is 0 Å². The van der Waals surface area contributed by atoms with Crippen molar-refractivity contribution < 1.29 is 19.3 Å². The smallest absolute Gasteiger partial charge is 0.127 e. The van der Waals surface area contributed by atoms with Gasteiger partial charge in [0.05, 0.1) is 25.9 Å². The lowest BCUT2D eigenvalue weighted by molar-refractivity contribution is 0.0705. The number of hydrogen-bond acceptors (Lipinski definition) is 5. The van der Waals surface area contributed by atoms with Gasteiger partial charge in [-0.1, -0.05) is 0 Å². The van der Waals surface area contributed by atoms with Crippen molar-refractivity contribution in [1.82, 2.24) is 0 Å². The van der Waals surface area contributed by atoms with Crippen LogP contribution >= 0.6 is 0 Å². The molecule has 1 unspecified atom stereocenters. The molecule has 0 fully saturated rings. The van der Waals surface area contributed by atoms with Crippen LogP contribution in [0.5, 0.6) is 11.5 Å². The van der Waals surface area contributed by atoms with E-state index in [0.717, 1.165) is 17.1 Å². The van der Waals surface area contributed by atoms with Gasteiger partial charge in [-0.25, -0.2) is 0 Å². The van der Waals surface area contributed by atoms with E-state index < -0.39 is 0 Å². The molecular weight excluding hydrogens is 222 g/mol. The van der Waals surface area contributed by atoms with Crippen molar-refractivity contribution in [2.24, 2.45) is 5.73 Å². The van der Waals surface area contributed by atoms with E-state index in [1.807, 2.05) is 18.2 Å². The Balaban J connectivity index is 1.82. The van der Waals surface area contributed by atoms with Gasteiger partial charge in [0, 0.05) is 11.6 Å². The van der Waals surface area contributed by atoms with Gasteiger partial charge in [0.1, 0.15) is 24.7 Å². The summed E-state index contributed by atoms with van der Waals surface area (Å²) in [5, 5.41) is 8.52. The van der Waals surface area contributed by atoms with Gasteiger partial charge in [0.25, 0.3) is 0 Å². The maximum absolute atomic E-state index is 8.52. The standard InChI is InChI=1S/C12H17NO4/c13-11-8-17-12-7-9(1-2-10(11)12)16-6-5-15-4-3-14/h1-2,7,11,14H,3-6,8,13H2. The van der Waals surface area contributed by atoms with Crippen LogP contribution in [-0.4, -0.2) is 38.1 Å². The van der Waals surface area contributed by atoms with E-state index in [4.69, 9.17) is 25.1 Å². The lowest BCUT2D eigenvalue weighted by Gasteiger charge is -2.08. The molecule has 94 valence electrons. The van der Waals surface area contributed by atoms with Gasteiger partial charge in [-0.2, -0.15) is 0 Å². The molecule has 1 aromatic rings. The van der Waals surface area contributed by atoms with Gasteiger partial charge in [-0.05, 0) is 12.1 Å². The van der Waals surface area contributed by atoms with Crippen LogP contribution in [0.15, 0.2) is 18.2 Å². The minimum absolute atomic E-state index is 0.0323. The third-order valence-corrected chi connectivity index (χ3v) is 2.53. The fourth-order valence-electron chi connectivity index (χ4n) is 1.69. The zero-order valence-corrected chi connectivity index (χ0v) is 9.59. The second-order valence-electron chi connectivity index (χ2n) is 3.80. The molecule has 3 N–H and O–H groups in total. The van der Waals surface area contributed by atoms with Crippen molar-refractivity contribution >= 4 is 0 Å². The summed E-state index contributed by atoms with van der Waals surface area (Å²) >= 11 is 0. The summed E-state index contributed by atoms with van der Waals surface area (Å²) in [5.74, 6) is 1.54. The first-order valence-electron chi connectivity index (χ1n) is 5.65. The third-order valence-electron chi connectivity index (χ3n) is 2.53. The lowest BCUT2D eigenvalue weighted by atomic mass is 10.1. The largest absolute Gasteiger partial charge is 0.491 e. The van der Waals surface area contributed by atoms with Crippen molar-refractivity contribution in [2.75, 3.05) is 33.0 Å². The van der Waals surface area contributed by atoms with E-state index in [0.29, 0.717) is 26.4 Å². The SMILES string of the molecule is NC1COc2cc(OCCOCCO)ccc21. The summed E-state index contributed by atoms with van der Waals surface area (Å²) in [6, 6.07) is 5.61. The number of ether oxygens (including phenoxy) is 3. The van der Waals surface area contributed by atoms with Crippen molar-refractivity contribution in [3.05, 3.63) is 23.8 Å². The second kappa shape index (κ2) is 5.86. The Morgan fingerprint density at radius 2 is 2.24 bits per heavy atom. The first kappa shape index (κ1) is 12.2. The van der Waals surface area contributed by atoms with Crippen molar-refractivity contribution in [2.45, 2.75) is 6.04 Å². The van der Waals surface area contributed by atoms with Gasteiger partial charge < -0.3 is 25.1 Å². The molecule has 5 heteroatoms. The molecule has 0 saturated heterocycles. The topological polar surface area (TPSA) is 73.9 Å². The molecule has 0 aliphatic carbocycles. The highest BCUT2D eigenvalue weighted by atomic mass is 16.5. The van der Waals surface area contributed by atoms with Crippen LogP contribution in [0, 0.1) is 0 Å². The van der Waals surface area contributed by atoms with Crippen LogP contribution in [0.2, 0.25) is 0 Å². The Morgan fingerprint density at radius 1 is 1.35 bits per heavy atom. The van der Waals surface area contributed by atoms with Gasteiger partial charge in [-0.15, -0.1) is 0 Å². The van der Waals surface area contributed by atoms with Gasteiger partial charge >= 0.3 is 0 Å². The van der Waals surface area contributed by atoms with Crippen LogP contribution in [0.3, 0.4) is 0 Å². The normalized spacial score (nSPS) is 17.6. The molecule has 0 radical (unpaired) electrons. The molecule has 1 aliphatic rings. The number of benzene rings is 1. The Labute approximate surface area is 100 Å². The Morgan fingerprint density at radius 3 is 3.06 bits per heavy atom. The summed E-state index contributed by atoms with van der Waals surface area (Å²) in [6.45, 7) is 1.80. The number of fused-ring (bicyclic) bond motifs is 1. The number of aliphatic hydroxyl groups is 1. The minimum atomic E-state index is -0.0352. The van der Waals surface area contributed by atoms with Crippen LogP contribution in [-0.2, 0) is 4.74 Å². The average molecular weight is 239 g/mol. The van der Waals surface area contributed by atoms with Crippen molar-refractivity contribution in [3.63, 3.8) is 0 Å². The lowest BCUT2D eigenvalue weighted by Crippen LogP contribution is -2.10. The highest BCUT2D eigenvalue weighted by Gasteiger charge is 2.20. The fourth-order valence-corrected chi connectivity index (χ4v) is 1.69. The zero-order valence-electron chi connectivity index (χ0n) is 9.59. The summed E-state index contributed by atoms with van der Waals surface area (Å²) in [5.41, 5.74) is 6.86. The van der Waals surface area contributed by atoms with Gasteiger partial charge in [0.15, 0.2) is 0 Å². The summed E-state index contributed by atoms with van der Waals surface area (Å²) in [6.07, 6.45) is 0. The molecule has 1 aliphatic heterocycles. The van der Waals surface area contributed by atoms with E-state index in [9.17, 15) is 0 Å². The molecule has 0 amide bonds. The number of aliphatic hydroxyl groups excluding tert-OH is 1. The van der Waals surface area contributed by atoms with Crippen LogP contribution in [0.25, 0.3) is 0 Å². The van der Waals surface area contributed by atoms with Gasteiger partial charge in [0.2, 0.25) is 0 Å². The Hall–Kier alpha value is -1.30. The molecule has 17 heavy (non-hydrogen) atoms. The van der Waals surface area contributed by atoms with Gasteiger partial charge in [-0.3, -0.25) is 0 Å². The fraction of sp³-hybridized carbons (Fsp3) is 0.500. The predicted molar refractivity (Wildman–Crippen MR) is 62.3 cm³/mol. The molecule has 1 heterocycles. The third kappa shape index (κ3) is 3.09. The second-order valence-corrected chi connectivity index (χ2v) is 3.80. The minimum Gasteiger partial charge on any atom is -0.491 e.